The highest BCUT2D eigenvalue weighted by Gasteiger charge is 2.34. The SMILES string of the molecule is CCCCn1nc(CC(C)C)nc1Cc1ccc(C2(c3nn[nH]n3)C=CNC=C2)cc1. The van der Waals surface area contributed by atoms with E-state index in [-0.39, 0.29) is 0 Å². The lowest BCUT2D eigenvalue weighted by molar-refractivity contribution is 0.538. The van der Waals surface area contributed by atoms with Gasteiger partial charge in [-0.3, -0.25) is 0 Å². The molecule has 0 unspecified atom stereocenters. The van der Waals surface area contributed by atoms with Gasteiger partial charge in [0.25, 0.3) is 0 Å². The van der Waals surface area contributed by atoms with Gasteiger partial charge in [-0.25, -0.2) is 9.67 Å². The summed E-state index contributed by atoms with van der Waals surface area (Å²) in [6.07, 6.45) is 11.8. The largest absolute Gasteiger partial charge is 0.368 e. The second kappa shape index (κ2) is 9.24. The van der Waals surface area contributed by atoms with Gasteiger partial charge in [-0.1, -0.05) is 56.7 Å². The minimum absolute atomic E-state index is 0.539. The van der Waals surface area contributed by atoms with Crippen molar-refractivity contribution in [3.05, 3.63) is 77.4 Å². The number of hydrogen-bond acceptors (Lipinski definition) is 6. The van der Waals surface area contributed by atoms with E-state index in [9.17, 15) is 0 Å². The summed E-state index contributed by atoms with van der Waals surface area (Å²) in [6, 6.07) is 8.57. The van der Waals surface area contributed by atoms with E-state index in [1.54, 1.807) is 0 Å². The average molecular weight is 419 g/mol. The van der Waals surface area contributed by atoms with Crippen LogP contribution in [0.4, 0.5) is 0 Å². The fraction of sp³-hybridized carbons (Fsp3) is 0.435. The minimum atomic E-state index is -0.539. The smallest absolute Gasteiger partial charge is 0.192 e. The molecule has 0 amide bonds. The summed E-state index contributed by atoms with van der Waals surface area (Å²) in [6.45, 7) is 7.52. The summed E-state index contributed by atoms with van der Waals surface area (Å²) in [7, 11) is 0. The van der Waals surface area contributed by atoms with Crippen LogP contribution in [0.1, 0.15) is 62.2 Å². The normalized spacial score (nSPS) is 14.8. The number of aromatic nitrogens is 7. The van der Waals surface area contributed by atoms with Crippen LogP contribution in [0.15, 0.2) is 48.8 Å². The minimum Gasteiger partial charge on any atom is -0.368 e. The Balaban J connectivity index is 1.59. The lowest BCUT2D eigenvalue weighted by atomic mass is 9.78. The first-order valence-electron chi connectivity index (χ1n) is 11.0. The molecule has 1 aliphatic heterocycles. The number of tetrazole rings is 1. The van der Waals surface area contributed by atoms with E-state index in [0.717, 1.165) is 49.4 Å². The second-order valence-electron chi connectivity index (χ2n) is 8.43. The van der Waals surface area contributed by atoms with Gasteiger partial charge in [-0.05, 0) is 48.0 Å². The van der Waals surface area contributed by atoms with Crippen molar-refractivity contribution >= 4 is 0 Å². The summed E-state index contributed by atoms with van der Waals surface area (Å²) in [4.78, 5) is 4.85. The number of nitrogens with zero attached hydrogens (tertiary/aromatic N) is 6. The van der Waals surface area contributed by atoms with Crippen LogP contribution in [0.25, 0.3) is 0 Å². The molecule has 8 nitrogen and oxygen atoms in total. The number of dihydropyridines is 1. The quantitative estimate of drug-likeness (QED) is 0.553. The predicted molar refractivity (Wildman–Crippen MR) is 119 cm³/mol. The monoisotopic (exact) mass is 418 g/mol. The van der Waals surface area contributed by atoms with Crippen LogP contribution in [0.5, 0.6) is 0 Å². The van der Waals surface area contributed by atoms with Gasteiger partial charge in [0, 0.05) is 19.4 Å². The number of rotatable bonds is 9. The van der Waals surface area contributed by atoms with Gasteiger partial charge in [0.15, 0.2) is 11.6 Å². The first-order valence-corrected chi connectivity index (χ1v) is 11.0. The fourth-order valence-corrected chi connectivity index (χ4v) is 3.85. The molecule has 8 heteroatoms. The lowest BCUT2D eigenvalue weighted by Crippen LogP contribution is -2.28. The number of hydrogen-bond donors (Lipinski definition) is 2. The highest BCUT2D eigenvalue weighted by atomic mass is 15.5. The maximum absolute atomic E-state index is 4.85. The Labute approximate surface area is 182 Å². The van der Waals surface area contributed by atoms with E-state index >= 15 is 0 Å². The molecule has 3 heterocycles. The number of allylic oxidation sites excluding steroid dienone is 2. The standard InChI is InChI=1S/C23H30N8/c1-4-5-14-31-21(25-20(28-31)15-17(2)3)16-18-6-8-19(9-7-18)23(10-12-24-13-11-23)22-26-29-30-27-22/h6-13,17,24H,4-5,14-16H2,1-3H3,(H,26,27,29,30). The van der Waals surface area contributed by atoms with Crippen molar-refractivity contribution in [3.63, 3.8) is 0 Å². The van der Waals surface area contributed by atoms with Crippen molar-refractivity contribution in [1.82, 2.24) is 40.7 Å². The number of aryl methyl sites for hydroxylation is 1. The Morgan fingerprint density at radius 3 is 2.52 bits per heavy atom. The van der Waals surface area contributed by atoms with Crippen molar-refractivity contribution in [2.75, 3.05) is 0 Å². The molecular formula is C23H30N8. The van der Waals surface area contributed by atoms with Crippen molar-refractivity contribution in [1.29, 1.82) is 0 Å². The molecule has 2 aromatic heterocycles. The Kier molecular flexibility index (Phi) is 6.25. The average Bonchev–Trinajstić information content (AvgIpc) is 3.44. The molecule has 4 rings (SSSR count). The first kappa shape index (κ1) is 21.0. The molecule has 162 valence electrons. The molecule has 0 bridgehead atoms. The Morgan fingerprint density at radius 2 is 1.87 bits per heavy atom. The van der Waals surface area contributed by atoms with Gasteiger partial charge < -0.3 is 5.32 Å². The molecule has 1 aliphatic rings. The van der Waals surface area contributed by atoms with E-state index in [1.165, 1.54) is 5.56 Å². The van der Waals surface area contributed by atoms with Crippen LogP contribution in [0.3, 0.4) is 0 Å². The maximum Gasteiger partial charge on any atom is 0.192 e. The molecule has 0 aliphatic carbocycles. The van der Waals surface area contributed by atoms with Crippen LogP contribution in [0.2, 0.25) is 0 Å². The summed E-state index contributed by atoms with van der Waals surface area (Å²) >= 11 is 0. The third-order valence-electron chi connectivity index (χ3n) is 5.50. The summed E-state index contributed by atoms with van der Waals surface area (Å²) in [5.74, 6) is 3.14. The van der Waals surface area contributed by atoms with Crippen molar-refractivity contribution < 1.29 is 0 Å². The molecule has 31 heavy (non-hydrogen) atoms. The van der Waals surface area contributed by atoms with E-state index in [2.05, 4.69) is 75.7 Å². The van der Waals surface area contributed by atoms with E-state index in [1.807, 2.05) is 24.6 Å². The molecule has 1 aromatic carbocycles. The van der Waals surface area contributed by atoms with E-state index < -0.39 is 5.41 Å². The predicted octanol–water partition coefficient (Wildman–Crippen LogP) is 3.30. The highest BCUT2D eigenvalue weighted by Crippen LogP contribution is 2.34. The molecule has 0 saturated carbocycles. The Hall–Kier alpha value is -3.29. The molecule has 0 saturated heterocycles. The Bertz CT molecular complexity index is 1020. The van der Waals surface area contributed by atoms with Crippen LogP contribution < -0.4 is 5.32 Å². The zero-order valence-corrected chi connectivity index (χ0v) is 18.4. The topological polar surface area (TPSA) is 97.2 Å². The van der Waals surface area contributed by atoms with E-state index in [4.69, 9.17) is 10.1 Å². The molecule has 0 spiro atoms. The summed E-state index contributed by atoms with van der Waals surface area (Å²) < 4.78 is 2.09. The molecule has 0 radical (unpaired) electrons. The number of benzene rings is 1. The zero-order valence-electron chi connectivity index (χ0n) is 18.4. The number of nitrogens with one attached hydrogen (secondary N) is 2. The van der Waals surface area contributed by atoms with Crippen LogP contribution in [-0.2, 0) is 24.8 Å². The third-order valence-corrected chi connectivity index (χ3v) is 5.50. The molecule has 0 atom stereocenters. The number of H-pyrrole nitrogens is 1. The second-order valence-corrected chi connectivity index (χ2v) is 8.43. The van der Waals surface area contributed by atoms with Gasteiger partial charge in [0.2, 0.25) is 0 Å². The van der Waals surface area contributed by atoms with Crippen molar-refractivity contribution in [3.8, 4) is 0 Å². The summed E-state index contributed by atoms with van der Waals surface area (Å²) in [5.41, 5.74) is 1.75. The van der Waals surface area contributed by atoms with Gasteiger partial charge in [-0.2, -0.15) is 10.3 Å². The first-order chi connectivity index (χ1) is 15.1. The molecule has 3 aromatic rings. The van der Waals surface area contributed by atoms with Gasteiger partial charge in [0.05, 0.1) is 5.41 Å². The zero-order chi connectivity index (χ0) is 21.7. The third kappa shape index (κ3) is 4.57. The molecule has 0 fully saturated rings. The Morgan fingerprint density at radius 1 is 1.10 bits per heavy atom. The van der Waals surface area contributed by atoms with Gasteiger partial charge >= 0.3 is 0 Å². The number of aromatic amines is 1. The molecule has 2 N–H and O–H groups in total. The van der Waals surface area contributed by atoms with Crippen LogP contribution >= 0.6 is 0 Å². The van der Waals surface area contributed by atoms with Gasteiger partial charge in [-0.15, -0.1) is 10.2 Å². The van der Waals surface area contributed by atoms with E-state index in [0.29, 0.717) is 11.7 Å². The lowest BCUT2D eigenvalue weighted by Gasteiger charge is -2.26. The fourth-order valence-electron chi connectivity index (χ4n) is 3.85. The van der Waals surface area contributed by atoms with Crippen LogP contribution in [-0.4, -0.2) is 35.4 Å². The highest BCUT2D eigenvalue weighted by molar-refractivity contribution is 5.46. The van der Waals surface area contributed by atoms with Crippen molar-refractivity contribution in [2.45, 2.75) is 58.4 Å². The van der Waals surface area contributed by atoms with Crippen LogP contribution in [0, 0.1) is 5.92 Å². The maximum atomic E-state index is 4.85. The van der Waals surface area contributed by atoms with Crippen molar-refractivity contribution in [2.24, 2.45) is 5.92 Å². The van der Waals surface area contributed by atoms with Gasteiger partial charge in [0.1, 0.15) is 5.82 Å². The number of unbranched alkanes of at least 4 members (excludes halogenated alkanes) is 1. The molecular weight excluding hydrogens is 388 g/mol. The summed E-state index contributed by atoms with van der Waals surface area (Å²) in [5, 5.41) is 22.7.